The molecule has 1 heterocycles. The summed E-state index contributed by atoms with van der Waals surface area (Å²) in [4.78, 5) is 12.3. The Kier molecular flexibility index (Phi) is 6.22. The minimum Gasteiger partial charge on any atom is -0.465 e. The molecule has 9 heteroatoms. The number of ether oxygens (including phenoxy) is 1. The van der Waals surface area contributed by atoms with Gasteiger partial charge in [-0.05, 0) is 55.3 Å². The lowest BCUT2D eigenvalue weighted by Gasteiger charge is -2.06. The number of hydrogen-bond acceptors (Lipinski definition) is 5. The number of aryl methyl sites for hydroxylation is 1. The molecule has 2 aromatic carbocycles. The van der Waals surface area contributed by atoms with Gasteiger partial charge in [-0.15, -0.1) is 4.40 Å². The lowest BCUT2D eigenvalue weighted by atomic mass is 10.2. The van der Waals surface area contributed by atoms with Gasteiger partial charge >= 0.3 is 5.97 Å². The lowest BCUT2D eigenvalue weighted by Crippen LogP contribution is -2.23. The number of fused-ring (bicyclic) bond motifs is 1. The van der Waals surface area contributed by atoms with E-state index < -0.39 is 16.0 Å². The van der Waals surface area contributed by atoms with E-state index in [1.165, 1.54) is 35.6 Å². The fourth-order valence-corrected chi connectivity index (χ4v) is 5.08. The van der Waals surface area contributed by atoms with Crippen LogP contribution in [0.25, 0.3) is 10.2 Å². The minimum absolute atomic E-state index is 0.0336. The SMILES string of the molecule is CCOC(=O)Cn1/c(=N/S(=O)(=O)c2ccc(Cl)cc2)sc2cc(CC)ccc21. The van der Waals surface area contributed by atoms with Gasteiger partial charge in [0.05, 0.1) is 21.7 Å². The zero-order valence-corrected chi connectivity index (χ0v) is 17.8. The molecule has 1 aromatic heterocycles. The van der Waals surface area contributed by atoms with Gasteiger partial charge in [0.25, 0.3) is 10.0 Å². The van der Waals surface area contributed by atoms with E-state index in [1.54, 1.807) is 11.5 Å². The maximum Gasteiger partial charge on any atom is 0.326 e. The van der Waals surface area contributed by atoms with Crippen molar-refractivity contribution in [3.8, 4) is 0 Å². The number of sulfonamides is 1. The van der Waals surface area contributed by atoms with E-state index in [2.05, 4.69) is 4.40 Å². The second kappa shape index (κ2) is 8.46. The summed E-state index contributed by atoms with van der Waals surface area (Å²) in [5, 5.41) is 0.435. The molecular formula is C19H19ClN2O4S2. The molecule has 0 fully saturated rings. The highest BCUT2D eigenvalue weighted by Gasteiger charge is 2.16. The first-order valence-electron chi connectivity index (χ1n) is 8.68. The van der Waals surface area contributed by atoms with E-state index in [0.29, 0.717) is 5.02 Å². The van der Waals surface area contributed by atoms with E-state index >= 15 is 0 Å². The summed E-state index contributed by atoms with van der Waals surface area (Å²) in [6.45, 7) is 3.89. The Labute approximate surface area is 172 Å². The zero-order chi connectivity index (χ0) is 20.3. The molecule has 6 nitrogen and oxygen atoms in total. The number of benzene rings is 2. The van der Waals surface area contributed by atoms with Gasteiger partial charge in [0, 0.05) is 5.02 Å². The van der Waals surface area contributed by atoms with Gasteiger partial charge in [0.15, 0.2) is 0 Å². The Bertz CT molecular complexity index is 1180. The van der Waals surface area contributed by atoms with Crippen LogP contribution in [0.2, 0.25) is 5.02 Å². The number of carbonyl (C=O) groups is 1. The Morgan fingerprint density at radius 3 is 2.54 bits per heavy atom. The quantitative estimate of drug-likeness (QED) is 0.549. The third-order valence-corrected chi connectivity index (χ3v) is 6.75. The molecular weight excluding hydrogens is 420 g/mol. The molecule has 3 rings (SSSR count). The summed E-state index contributed by atoms with van der Waals surface area (Å²) < 4.78 is 36.9. The zero-order valence-electron chi connectivity index (χ0n) is 15.4. The van der Waals surface area contributed by atoms with Crippen molar-refractivity contribution in [1.29, 1.82) is 0 Å². The molecule has 0 aliphatic heterocycles. The number of nitrogens with zero attached hydrogens (tertiary/aromatic N) is 2. The highest BCUT2D eigenvalue weighted by atomic mass is 35.5. The molecule has 0 amide bonds. The van der Waals surface area contributed by atoms with Crippen LogP contribution in [0, 0.1) is 0 Å². The van der Waals surface area contributed by atoms with Crippen LogP contribution < -0.4 is 4.80 Å². The average molecular weight is 439 g/mol. The van der Waals surface area contributed by atoms with Crippen molar-refractivity contribution < 1.29 is 17.9 Å². The molecule has 0 spiro atoms. The van der Waals surface area contributed by atoms with E-state index in [4.69, 9.17) is 16.3 Å². The van der Waals surface area contributed by atoms with Crippen molar-refractivity contribution in [1.82, 2.24) is 4.57 Å². The topological polar surface area (TPSA) is 77.7 Å². The molecule has 0 radical (unpaired) electrons. The molecule has 28 heavy (non-hydrogen) atoms. The predicted octanol–water partition coefficient (Wildman–Crippen LogP) is 3.77. The van der Waals surface area contributed by atoms with Crippen LogP contribution >= 0.6 is 22.9 Å². The third kappa shape index (κ3) is 4.45. The van der Waals surface area contributed by atoms with Crippen molar-refractivity contribution in [2.45, 2.75) is 31.7 Å². The van der Waals surface area contributed by atoms with Gasteiger partial charge in [-0.1, -0.05) is 35.9 Å². The van der Waals surface area contributed by atoms with E-state index in [9.17, 15) is 13.2 Å². The first-order valence-corrected chi connectivity index (χ1v) is 11.3. The Morgan fingerprint density at radius 2 is 1.89 bits per heavy atom. The minimum atomic E-state index is -3.96. The summed E-state index contributed by atoms with van der Waals surface area (Å²) in [7, 11) is -3.96. The highest BCUT2D eigenvalue weighted by molar-refractivity contribution is 7.90. The molecule has 0 aliphatic rings. The molecule has 3 aromatic rings. The predicted molar refractivity (Wildman–Crippen MR) is 110 cm³/mol. The van der Waals surface area contributed by atoms with E-state index in [-0.39, 0.29) is 22.8 Å². The standard InChI is InChI=1S/C19H19ClN2O4S2/c1-3-13-5-10-16-17(11-13)27-19(22(16)12-18(23)26-4-2)21-28(24,25)15-8-6-14(20)7-9-15/h5-11H,3-4,12H2,1-2H3/b21-19-. The van der Waals surface area contributed by atoms with Crippen LogP contribution in [0.1, 0.15) is 19.4 Å². The summed E-state index contributed by atoms with van der Waals surface area (Å²) in [6, 6.07) is 11.6. The Hall–Kier alpha value is -2.16. The van der Waals surface area contributed by atoms with Gasteiger partial charge in [-0.25, -0.2) is 0 Å². The highest BCUT2D eigenvalue weighted by Crippen LogP contribution is 2.21. The number of aromatic nitrogens is 1. The maximum absolute atomic E-state index is 12.7. The van der Waals surface area contributed by atoms with E-state index in [0.717, 1.165) is 22.2 Å². The first-order chi connectivity index (χ1) is 13.3. The number of thiazole rings is 1. The van der Waals surface area contributed by atoms with Crippen molar-refractivity contribution in [3.05, 3.63) is 57.9 Å². The number of halogens is 1. The summed E-state index contributed by atoms with van der Waals surface area (Å²) in [6.07, 6.45) is 0.848. The van der Waals surface area contributed by atoms with Crippen LogP contribution in [0.15, 0.2) is 51.8 Å². The number of esters is 1. The first kappa shape index (κ1) is 20.6. The Balaban J connectivity index is 2.18. The van der Waals surface area contributed by atoms with Gasteiger partial charge < -0.3 is 9.30 Å². The van der Waals surface area contributed by atoms with Gasteiger partial charge in [-0.3, -0.25) is 4.79 Å². The van der Waals surface area contributed by atoms with E-state index in [1.807, 2.05) is 25.1 Å². The molecule has 0 bridgehead atoms. The van der Waals surface area contributed by atoms with Gasteiger partial charge in [-0.2, -0.15) is 8.42 Å². The van der Waals surface area contributed by atoms with Crippen molar-refractivity contribution >= 4 is 49.1 Å². The van der Waals surface area contributed by atoms with Crippen molar-refractivity contribution in [3.63, 3.8) is 0 Å². The molecule has 0 saturated heterocycles. The fraction of sp³-hybridized carbons (Fsp3) is 0.263. The second-order valence-electron chi connectivity index (χ2n) is 5.95. The summed E-state index contributed by atoms with van der Waals surface area (Å²) in [5.74, 6) is -0.452. The molecule has 0 unspecified atom stereocenters. The largest absolute Gasteiger partial charge is 0.465 e. The van der Waals surface area contributed by atoms with Crippen LogP contribution in [0.3, 0.4) is 0 Å². The molecule has 148 valence electrons. The second-order valence-corrected chi connectivity index (χ2v) is 9.00. The molecule has 0 aliphatic carbocycles. The van der Waals surface area contributed by atoms with Gasteiger partial charge in [0.1, 0.15) is 6.54 Å². The molecule has 0 saturated carbocycles. The number of hydrogen-bond donors (Lipinski definition) is 0. The van der Waals surface area contributed by atoms with Crippen molar-refractivity contribution in [2.75, 3.05) is 6.61 Å². The monoisotopic (exact) mass is 438 g/mol. The van der Waals surface area contributed by atoms with Crippen molar-refractivity contribution in [2.24, 2.45) is 4.40 Å². The Morgan fingerprint density at radius 1 is 1.18 bits per heavy atom. The van der Waals surface area contributed by atoms with Crippen LogP contribution in [-0.2, 0) is 32.5 Å². The van der Waals surface area contributed by atoms with Crippen LogP contribution in [0.4, 0.5) is 0 Å². The normalized spacial score (nSPS) is 12.5. The molecule has 0 atom stereocenters. The third-order valence-electron chi connectivity index (χ3n) is 4.06. The fourth-order valence-electron chi connectivity index (χ4n) is 2.66. The smallest absolute Gasteiger partial charge is 0.326 e. The van der Waals surface area contributed by atoms with Gasteiger partial charge in [0.2, 0.25) is 4.80 Å². The lowest BCUT2D eigenvalue weighted by molar-refractivity contribution is -0.143. The number of rotatable bonds is 6. The molecule has 0 N–H and O–H groups in total. The maximum atomic E-state index is 12.7. The van der Waals surface area contributed by atoms with Crippen LogP contribution in [-0.4, -0.2) is 25.6 Å². The average Bonchev–Trinajstić information content (AvgIpc) is 2.97. The summed E-state index contributed by atoms with van der Waals surface area (Å²) >= 11 is 7.06. The van der Waals surface area contributed by atoms with Crippen LogP contribution in [0.5, 0.6) is 0 Å². The number of carbonyl (C=O) groups excluding carboxylic acids is 1. The summed E-state index contributed by atoms with van der Waals surface area (Å²) in [5.41, 5.74) is 1.85.